The van der Waals surface area contributed by atoms with Gasteiger partial charge in [0.1, 0.15) is 23.5 Å². The molecule has 0 aliphatic rings. The van der Waals surface area contributed by atoms with Gasteiger partial charge in [0.15, 0.2) is 0 Å². The number of hydrogen-bond acceptors (Lipinski definition) is 4. The summed E-state index contributed by atoms with van der Waals surface area (Å²) < 4.78 is 5.30. The number of ether oxygens (including phenoxy) is 1. The lowest BCUT2D eigenvalue weighted by Gasteiger charge is -2.06. The van der Waals surface area contributed by atoms with Crippen molar-refractivity contribution >= 4 is 34.1 Å². The maximum atomic E-state index is 6.05. The van der Waals surface area contributed by atoms with E-state index >= 15 is 0 Å². The maximum Gasteiger partial charge on any atom is 0.143 e. The van der Waals surface area contributed by atoms with Crippen LogP contribution in [0.25, 0.3) is 22.3 Å². The van der Waals surface area contributed by atoms with E-state index < -0.39 is 0 Å². The third-order valence-electron chi connectivity index (χ3n) is 3.89. The molecule has 0 radical (unpaired) electrons. The van der Waals surface area contributed by atoms with Crippen LogP contribution < -0.4 is 10.1 Å². The Balaban J connectivity index is 1.75. The zero-order valence-electron chi connectivity index (χ0n) is 13.5. The highest BCUT2D eigenvalue weighted by atomic mass is 35.5. The van der Waals surface area contributed by atoms with Crippen LogP contribution in [0, 0.1) is 0 Å². The number of halogens is 1. The Labute approximate surface area is 149 Å². The molecule has 2 aromatic carbocycles. The second-order valence-corrected chi connectivity index (χ2v) is 5.97. The summed E-state index contributed by atoms with van der Waals surface area (Å²) in [6.07, 6.45) is 1.53. The molecule has 0 spiro atoms. The van der Waals surface area contributed by atoms with Gasteiger partial charge in [0.2, 0.25) is 0 Å². The predicted octanol–water partition coefficient (Wildman–Crippen LogP) is 5.03. The summed E-state index contributed by atoms with van der Waals surface area (Å²) >= 11 is 6.05. The van der Waals surface area contributed by atoms with Crippen LogP contribution in [0.3, 0.4) is 0 Å². The minimum absolute atomic E-state index is 0.668. The third kappa shape index (κ3) is 3.14. The van der Waals surface area contributed by atoms with Gasteiger partial charge in [-0.05, 0) is 36.4 Å². The lowest BCUT2D eigenvalue weighted by molar-refractivity contribution is 0.415. The molecular formula is C19H15ClN4O. The fraction of sp³-hybridized carbons (Fsp3) is 0.0526. The van der Waals surface area contributed by atoms with E-state index in [-0.39, 0.29) is 0 Å². The van der Waals surface area contributed by atoms with Crippen LogP contribution in [0.2, 0.25) is 5.02 Å². The van der Waals surface area contributed by atoms with Gasteiger partial charge < -0.3 is 15.0 Å². The molecular weight excluding hydrogens is 336 g/mol. The number of methoxy groups -OCH3 is 1. The smallest absolute Gasteiger partial charge is 0.143 e. The molecule has 6 heteroatoms. The van der Waals surface area contributed by atoms with Crippen LogP contribution in [-0.2, 0) is 0 Å². The molecule has 0 saturated heterocycles. The third-order valence-corrected chi connectivity index (χ3v) is 4.13. The molecule has 2 aromatic heterocycles. The van der Waals surface area contributed by atoms with Gasteiger partial charge in [-0.3, -0.25) is 0 Å². The Kier molecular flexibility index (Phi) is 3.99. The van der Waals surface area contributed by atoms with Gasteiger partial charge in [-0.15, -0.1) is 0 Å². The first-order valence-corrected chi connectivity index (χ1v) is 8.11. The summed E-state index contributed by atoms with van der Waals surface area (Å²) in [7, 11) is 1.66. The Morgan fingerprint density at radius 2 is 1.92 bits per heavy atom. The lowest BCUT2D eigenvalue weighted by atomic mass is 10.1. The molecule has 4 rings (SSSR count). The van der Waals surface area contributed by atoms with Crippen molar-refractivity contribution in [3.8, 4) is 17.0 Å². The number of aromatic amines is 1. The van der Waals surface area contributed by atoms with E-state index in [1.54, 1.807) is 7.11 Å². The monoisotopic (exact) mass is 350 g/mol. The quantitative estimate of drug-likeness (QED) is 0.541. The number of rotatable bonds is 4. The fourth-order valence-electron chi connectivity index (χ4n) is 2.69. The van der Waals surface area contributed by atoms with Crippen molar-refractivity contribution in [3.05, 3.63) is 65.9 Å². The van der Waals surface area contributed by atoms with Gasteiger partial charge in [0, 0.05) is 22.0 Å². The van der Waals surface area contributed by atoms with Gasteiger partial charge in [0.05, 0.1) is 12.5 Å². The van der Waals surface area contributed by atoms with E-state index in [9.17, 15) is 0 Å². The van der Waals surface area contributed by atoms with Crippen molar-refractivity contribution in [3.63, 3.8) is 0 Å². The second-order valence-electron chi connectivity index (χ2n) is 5.53. The van der Waals surface area contributed by atoms with E-state index in [1.165, 1.54) is 6.33 Å². The zero-order chi connectivity index (χ0) is 17.2. The van der Waals surface area contributed by atoms with Crippen LogP contribution in [-0.4, -0.2) is 22.1 Å². The summed E-state index contributed by atoms with van der Waals surface area (Å²) in [4.78, 5) is 12.0. The Morgan fingerprint density at radius 1 is 1.04 bits per heavy atom. The summed E-state index contributed by atoms with van der Waals surface area (Å²) in [6, 6.07) is 17.4. The summed E-state index contributed by atoms with van der Waals surface area (Å²) in [5, 5.41) is 4.87. The van der Waals surface area contributed by atoms with Crippen LogP contribution in [0.15, 0.2) is 60.9 Å². The summed E-state index contributed by atoms with van der Waals surface area (Å²) in [6.45, 7) is 0. The van der Waals surface area contributed by atoms with Gasteiger partial charge in [-0.2, -0.15) is 0 Å². The highest BCUT2D eigenvalue weighted by Gasteiger charge is 2.10. The fourth-order valence-corrected chi connectivity index (χ4v) is 2.88. The molecule has 0 aliphatic carbocycles. The van der Waals surface area contributed by atoms with Gasteiger partial charge in [0.25, 0.3) is 0 Å². The van der Waals surface area contributed by atoms with Crippen LogP contribution in [0.4, 0.5) is 11.5 Å². The first-order chi connectivity index (χ1) is 12.2. The lowest BCUT2D eigenvalue weighted by Crippen LogP contribution is -1.94. The number of anilines is 2. The van der Waals surface area contributed by atoms with E-state index in [0.29, 0.717) is 5.02 Å². The highest BCUT2D eigenvalue weighted by molar-refractivity contribution is 6.30. The van der Waals surface area contributed by atoms with Crippen LogP contribution in [0.1, 0.15) is 0 Å². The van der Waals surface area contributed by atoms with Gasteiger partial charge >= 0.3 is 0 Å². The minimum Gasteiger partial charge on any atom is -0.497 e. The SMILES string of the molecule is COc1cccc(-c2cc3c(Nc4cccc(Cl)c4)ncnc3[nH]2)c1. The molecule has 5 nitrogen and oxygen atoms in total. The van der Waals surface area contributed by atoms with Crippen molar-refractivity contribution in [2.75, 3.05) is 12.4 Å². The number of H-pyrrole nitrogens is 1. The Bertz CT molecular complexity index is 1040. The summed E-state index contributed by atoms with van der Waals surface area (Å²) in [5.41, 5.74) is 3.60. The van der Waals surface area contributed by atoms with E-state index in [2.05, 4.69) is 20.3 Å². The average Bonchev–Trinajstić information content (AvgIpc) is 3.07. The average molecular weight is 351 g/mol. The highest BCUT2D eigenvalue weighted by Crippen LogP contribution is 2.30. The molecule has 2 N–H and O–H groups in total. The number of fused-ring (bicyclic) bond motifs is 1. The largest absolute Gasteiger partial charge is 0.497 e. The normalized spacial score (nSPS) is 10.8. The van der Waals surface area contributed by atoms with E-state index in [0.717, 1.165) is 39.5 Å². The first-order valence-electron chi connectivity index (χ1n) is 7.74. The van der Waals surface area contributed by atoms with E-state index in [4.69, 9.17) is 16.3 Å². The van der Waals surface area contributed by atoms with Crippen LogP contribution >= 0.6 is 11.6 Å². The molecule has 0 bridgehead atoms. The Hall–Kier alpha value is -3.05. The molecule has 0 atom stereocenters. The minimum atomic E-state index is 0.668. The number of nitrogens with one attached hydrogen (secondary N) is 2. The molecule has 124 valence electrons. The topological polar surface area (TPSA) is 62.8 Å². The first kappa shape index (κ1) is 15.5. The molecule has 0 amide bonds. The van der Waals surface area contributed by atoms with Crippen LogP contribution in [0.5, 0.6) is 5.75 Å². The van der Waals surface area contributed by atoms with Gasteiger partial charge in [-0.1, -0.05) is 29.8 Å². The summed E-state index contributed by atoms with van der Waals surface area (Å²) in [5.74, 6) is 1.53. The second kappa shape index (κ2) is 6.45. The van der Waals surface area contributed by atoms with E-state index in [1.807, 2.05) is 54.6 Å². The molecule has 25 heavy (non-hydrogen) atoms. The number of benzene rings is 2. The van der Waals surface area contributed by atoms with Crippen molar-refractivity contribution in [1.82, 2.24) is 15.0 Å². The molecule has 0 aliphatic heterocycles. The molecule has 4 aromatic rings. The number of nitrogens with zero attached hydrogens (tertiary/aromatic N) is 2. The maximum absolute atomic E-state index is 6.05. The Morgan fingerprint density at radius 3 is 2.76 bits per heavy atom. The molecule has 0 saturated carbocycles. The van der Waals surface area contributed by atoms with Crippen molar-refractivity contribution < 1.29 is 4.74 Å². The molecule has 0 fully saturated rings. The predicted molar refractivity (Wildman–Crippen MR) is 101 cm³/mol. The van der Waals surface area contributed by atoms with Crippen molar-refractivity contribution in [2.45, 2.75) is 0 Å². The zero-order valence-corrected chi connectivity index (χ0v) is 14.2. The molecule has 0 unspecified atom stereocenters. The van der Waals surface area contributed by atoms with Crippen molar-refractivity contribution in [1.29, 1.82) is 0 Å². The van der Waals surface area contributed by atoms with Gasteiger partial charge in [-0.25, -0.2) is 9.97 Å². The number of hydrogen-bond donors (Lipinski definition) is 2. The van der Waals surface area contributed by atoms with Crippen molar-refractivity contribution in [2.24, 2.45) is 0 Å². The number of aromatic nitrogens is 3. The molecule has 2 heterocycles. The standard InChI is InChI=1S/C19H15ClN4O/c1-25-15-7-2-4-12(8-15)17-10-16-18(21-11-22-19(16)24-17)23-14-6-3-5-13(20)9-14/h2-11H,1H3,(H2,21,22,23,24).